The van der Waals surface area contributed by atoms with Gasteiger partial charge in [0.15, 0.2) is 0 Å². The van der Waals surface area contributed by atoms with Gasteiger partial charge in [-0.1, -0.05) is 6.42 Å². The predicted octanol–water partition coefficient (Wildman–Crippen LogP) is 2.48. The van der Waals surface area contributed by atoms with Crippen molar-refractivity contribution in [2.75, 3.05) is 25.0 Å². The second kappa shape index (κ2) is 7.12. The minimum atomic E-state index is 0.723. The molecule has 0 aromatic carbocycles. The zero-order chi connectivity index (χ0) is 17.2. The maximum atomic E-state index is 4.49. The number of aryl methyl sites for hydroxylation is 2. The lowest BCUT2D eigenvalue weighted by Gasteiger charge is -2.33. The Kier molecular flexibility index (Phi) is 4.70. The monoisotopic (exact) mass is 340 g/mol. The molecule has 6 nitrogen and oxygen atoms in total. The second-order valence-electron chi connectivity index (χ2n) is 7.66. The average molecular weight is 340 g/mol. The Morgan fingerprint density at radius 1 is 1.20 bits per heavy atom. The molecule has 134 valence electrons. The Hall–Kier alpha value is -1.95. The summed E-state index contributed by atoms with van der Waals surface area (Å²) in [7, 11) is 2.05. The lowest BCUT2D eigenvalue weighted by atomic mass is 9.74. The quantitative estimate of drug-likeness (QED) is 0.906. The number of fused-ring (bicyclic) bond motifs is 1. The maximum Gasteiger partial charge on any atom is 0.222 e. The number of hydrogen-bond donors (Lipinski definition) is 1. The van der Waals surface area contributed by atoms with Crippen molar-refractivity contribution in [2.45, 2.75) is 32.7 Å². The van der Waals surface area contributed by atoms with Gasteiger partial charge in [-0.3, -0.25) is 9.58 Å². The predicted molar refractivity (Wildman–Crippen MR) is 98.1 cm³/mol. The molecule has 3 heterocycles. The summed E-state index contributed by atoms with van der Waals surface area (Å²) in [6, 6.07) is 4.07. The van der Waals surface area contributed by atoms with Crippen LogP contribution in [0.1, 0.15) is 30.7 Å². The molecule has 1 saturated heterocycles. The molecular weight excluding hydrogens is 312 g/mol. The molecule has 6 heteroatoms. The van der Waals surface area contributed by atoms with Gasteiger partial charge in [0, 0.05) is 45.6 Å². The second-order valence-corrected chi connectivity index (χ2v) is 7.66. The highest BCUT2D eigenvalue weighted by molar-refractivity contribution is 5.22. The Bertz CT molecular complexity index is 697. The van der Waals surface area contributed by atoms with Crippen molar-refractivity contribution in [3.8, 4) is 0 Å². The van der Waals surface area contributed by atoms with Crippen LogP contribution in [-0.2, 0) is 13.6 Å². The van der Waals surface area contributed by atoms with E-state index in [-0.39, 0.29) is 0 Å². The van der Waals surface area contributed by atoms with Gasteiger partial charge in [0.1, 0.15) is 0 Å². The van der Waals surface area contributed by atoms with E-state index < -0.39 is 0 Å². The zero-order valence-electron chi connectivity index (χ0n) is 15.2. The van der Waals surface area contributed by atoms with Gasteiger partial charge in [-0.15, -0.1) is 0 Å². The van der Waals surface area contributed by atoms with Crippen molar-refractivity contribution in [3.63, 3.8) is 0 Å². The van der Waals surface area contributed by atoms with E-state index in [0.29, 0.717) is 0 Å². The molecule has 2 aromatic rings. The third kappa shape index (κ3) is 3.68. The molecule has 25 heavy (non-hydrogen) atoms. The van der Waals surface area contributed by atoms with Crippen molar-refractivity contribution in [2.24, 2.45) is 24.8 Å². The molecule has 4 rings (SSSR count). The van der Waals surface area contributed by atoms with Crippen LogP contribution < -0.4 is 5.32 Å². The van der Waals surface area contributed by atoms with Crippen LogP contribution in [0.15, 0.2) is 24.5 Å². The molecule has 2 aromatic heterocycles. The van der Waals surface area contributed by atoms with Gasteiger partial charge in [-0.2, -0.15) is 5.10 Å². The van der Waals surface area contributed by atoms with E-state index in [9.17, 15) is 0 Å². The van der Waals surface area contributed by atoms with Gasteiger partial charge in [0.25, 0.3) is 0 Å². The van der Waals surface area contributed by atoms with Crippen molar-refractivity contribution in [1.82, 2.24) is 24.6 Å². The first-order valence-corrected chi connectivity index (χ1v) is 9.42. The van der Waals surface area contributed by atoms with Crippen LogP contribution in [0.25, 0.3) is 0 Å². The number of aromatic nitrogens is 4. The van der Waals surface area contributed by atoms with Crippen LogP contribution in [0.2, 0.25) is 0 Å². The first-order valence-electron chi connectivity index (χ1n) is 9.42. The van der Waals surface area contributed by atoms with Crippen LogP contribution >= 0.6 is 0 Å². The summed E-state index contributed by atoms with van der Waals surface area (Å²) in [6.45, 7) is 6.51. The third-order valence-electron chi connectivity index (χ3n) is 5.90. The van der Waals surface area contributed by atoms with E-state index in [1.165, 1.54) is 38.0 Å². The highest BCUT2D eigenvalue weighted by Gasteiger charge is 2.40. The van der Waals surface area contributed by atoms with Crippen molar-refractivity contribution in [3.05, 3.63) is 35.9 Å². The Morgan fingerprint density at radius 3 is 2.80 bits per heavy atom. The van der Waals surface area contributed by atoms with Crippen LogP contribution in [0.4, 0.5) is 5.95 Å². The van der Waals surface area contributed by atoms with Crippen molar-refractivity contribution in [1.29, 1.82) is 0 Å². The van der Waals surface area contributed by atoms with E-state index in [1.807, 2.05) is 10.7 Å². The average Bonchev–Trinajstić information content (AvgIpc) is 3.16. The number of anilines is 1. The standard InChI is InChI=1S/C19H28N6/c1-14-9-17(24(2)23-14)12-25-11-16-6-3-5-15(18(16)13-25)10-22-19-20-7-4-8-21-19/h4,7-9,15-16,18H,3,5-6,10-13H2,1-2H3,(H,20,21,22)/t15-,16+,18+/m1/s1. The summed E-state index contributed by atoms with van der Waals surface area (Å²) in [5.41, 5.74) is 2.43. The van der Waals surface area contributed by atoms with Gasteiger partial charge in [-0.05, 0) is 49.7 Å². The van der Waals surface area contributed by atoms with E-state index in [1.54, 1.807) is 12.4 Å². The van der Waals surface area contributed by atoms with Crippen LogP contribution in [0, 0.1) is 24.7 Å². The van der Waals surface area contributed by atoms with Crippen LogP contribution in [0.3, 0.4) is 0 Å². The fraction of sp³-hybridized carbons (Fsp3) is 0.632. The summed E-state index contributed by atoms with van der Waals surface area (Å²) in [4.78, 5) is 11.2. The van der Waals surface area contributed by atoms with E-state index >= 15 is 0 Å². The normalized spacial score (nSPS) is 26.6. The van der Waals surface area contributed by atoms with E-state index in [0.717, 1.165) is 42.5 Å². The topological polar surface area (TPSA) is 58.9 Å². The lowest BCUT2D eigenvalue weighted by Crippen LogP contribution is -2.32. The molecule has 0 spiro atoms. The number of hydrogen-bond acceptors (Lipinski definition) is 5. The minimum Gasteiger partial charge on any atom is -0.354 e. The van der Waals surface area contributed by atoms with Gasteiger partial charge in [0.2, 0.25) is 5.95 Å². The summed E-state index contributed by atoms with van der Waals surface area (Å²) < 4.78 is 2.03. The Morgan fingerprint density at radius 2 is 2.04 bits per heavy atom. The molecule has 1 N–H and O–H groups in total. The molecule has 2 aliphatic rings. The Labute approximate surface area is 149 Å². The van der Waals surface area contributed by atoms with Gasteiger partial charge < -0.3 is 5.32 Å². The highest BCUT2D eigenvalue weighted by atomic mass is 15.3. The van der Waals surface area contributed by atoms with Gasteiger partial charge in [0.05, 0.1) is 11.4 Å². The van der Waals surface area contributed by atoms with E-state index in [2.05, 4.69) is 45.3 Å². The van der Waals surface area contributed by atoms with Crippen molar-refractivity contribution < 1.29 is 0 Å². The lowest BCUT2D eigenvalue weighted by molar-refractivity contribution is 0.207. The fourth-order valence-corrected chi connectivity index (χ4v) is 4.72. The summed E-state index contributed by atoms with van der Waals surface area (Å²) >= 11 is 0. The molecule has 0 unspecified atom stereocenters. The van der Waals surface area contributed by atoms with Crippen LogP contribution in [-0.4, -0.2) is 44.3 Å². The Balaban J connectivity index is 1.37. The summed E-state index contributed by atoms with van der Waals surface area (Å²) in [6.07, 6.45) is 7.64. The third-order valence-corrected chi connectivity index (χ3v) is 5.90. The molecule has 1 aliphatic heterocycles. The fourth-order valence-electron chi connectivity index (χ4n) is 4.72. The summed E-state index contributed by atoms with van der Waals surface area (Å²) in [5, 5.41) is 7.94. The van der Waals surface area contributed by atoms with Gasteiger partial charge >= 0.3 is 0 Å². The number of nitrogens with zero attached hydrogens (tertiary/aromatic N) is 5. The molecule has 0 amide bonds. The first kappa shape index (κ1) is 16.5. The maximum absolute atomic E-state index is 4.49. The molecule has 0 radical (unpaired) electrons. The minimum absolute atomic E-state index is 0.723. The van der Waals surface area contributed by atoms with Crippen molar-refractivity contribution >= 4 is 5.95 Å². The number of rotatable bonds is 5. The van der Waals surface area contributed by atoms with E-state index in [4.69, 9.17) is 0 Å². The molecule has 1 saturated carbocycles. The SMILES string of the molecule is Cc1cc(CN2C[C@@H]3CCC[C@H](CNc4ncccn4)[C@@H]3C2)n(C)n1. The molecule has 2 fully saturated rings. The van der Waals surface area contributed by atoms with Gasteiger partial charge in [-0.25, -0.2) is 9.97 Å². The first-order chi connectivity index (χ1) is 12.2. The zero-order valence-corrected chi connectivity index (χ0v) is 15.2. The molecular formula is C19H28N6. The number of nitrogens with one attached hydrogen (secondary N) is 1. The molecule has 3 atom stereocenters. The number of likely N-dealkylation sites (tertiary alicyclic amines) is 1. The highest BCUT2D eigenvalue weighted by Crippen LogP contribution is 2.40. The largest absolute Gasteiger partial charge is 0.354 e. The smallest absolute Gasteiger partial charge is 0.222 e. The molecule has 1 aliphatic carbocycles. The summed E-state index contributed by atoms with van der Waals surface area (Å²) in [5.74, 6) is 3.11. The van der Waals surface area contributed by atoms with Crippen LogP contribution in [0.5, 0.6) is 0 Å². The molecule has 0 bridgehead atoms.